The number of ether oxygens (including phenoxy) is 1. The Morgan fingerprint density at radius 2 is 1.96 bits per heavy atom. The first-order valence-corrected chi connectivity index (χ1v) is 8.47. The van der Waals surface area contributed by atoms with E-state index in [1.165, 1.54) is 6.21 Å². The molecule has 0 saturated heterocycles. The van der Waals surface area contributed by atoms with Gasteiger partial charge in [0.15, 0.2) is 0 Å². The van der Waals surface area contributed by atoms with Crippen LogP contribution in [0.3, 0.4) is 0 Å². The van der Waals surface area contributed by atoms with Crippen molar-refractivity contribution >= 4 is 35.3 Å². The predicted molar refractivity (Wildman–Crippen MR) is 103 cm³/mol. The summed E-state index contributed by atoms with van der Waals surface area (Å²) in [5, 5.41) is 7.08. The van der Waals surface area contributed by atoms with Crippen LogP contribution in [0, 0.1) is 6.92 Å². The molecule has 2 rings (SSSR count). The van der Waals surface area contributed by atoms with Gasteiger partial charge < -0.3 is 10.1 Å². The fourth-order valence-electron chi connectivity index (χ4n) is 2.17. The Bertz CT molecular complexity index is 821. The number of aryl methyl sites for hydroxylation is 1. The number of nitrogens with zero attached hydrogens (tertiary/aromatic N) is 1. The molecule has 2 N–H and O–H groups in total. The number of hydrazone groups is 1. The molecule has 26 heavy (non-hydrogen) atoms. The molecule has 0 aliphatic rings. The normalized spacial score (nSPS) is 10.6. The van der Waals surface area contributed by atoms with E-state index in [9.17, 15) is 9.59 Å². The van der Waals surface area contributed by atoms with Crippen molar-refractivity contribution in [3.8, 4) is 5.75 Å². The summed E-state index contributed by atoms with van der Waals surface area (Å²) in [7, 11) is 0. The van der Waals surface area contributed by atoms with Gasteiger partial charge in [-0.2, -0.15) is 5.10 Å². The maximum absolute atomic E-state index is 11.9. The SMILES string of the molecule is CCOc1ccc(Cl)cc1C=NNC(=O)CC(=O)Nc1ccccc1C. The molecular formula is C19H20ClN3O3. The lowest BCUT2D eigenvalue weighted by Crippen LogP contribution is -2.24. The molecule has 0 aliphatic carbocycles. The highest BCUT2D eigenvalue weighted by Gasteiger charge is 2.10. The van der Waals surface area contributed by atoms with Crippen molar-refractivity contribution in [2.75, 3.05) is 11.9 Å². The van der Waals surface area contributed by atoms with Gasteiger partial charge in [-0.05, 0) is 43.7 Å². The first kappa shape index (κ1) is 19.5. The van der Waals surface area contributed by atoms with E-state index in [0.29, 0.717) is 28.6 Å². The molecule has 0 aliphatic heterocycles. The molecule has 0 spiro atoms. The summed E-state index contributed by atoms with van der Waals surface area (Å²) in [5.74, 6) is -0.329. The molecule has 2 amide bonds. The smallest absolute Gasteiger partial charge is 0.249 e. The highest BCUT2D eigenvalue weighted by atomic mass is 35.5. The summed E-state index contributed by atoms with van der Waals surface area (Å²) in [6.45, 7) is 4.24. The van der Waals surface area contributed by atoms with Crippen LogP contribution in [-0.4, -0.2) is 24.6 Å². The number of rotatable bonds is 7. The minimum Gasteiger partial charge on any atom is -0.493 e. The first-order valence-electron chi connectivity index (χ1n) is 8.09. The second-order valence-corrected chi connectivity index (χ2v) is 5.88. The van der Waals surface area contributed by atoms with Crippen LogP contribution in [-0.2, 0) is 9.59 Å². The molecule has 0 radical (unpaired) electrons. The molecule has 2 aromatic rings. The third kappa shape index (κ3) is 5.89. The maximum Gasteiger partial charge on any atom is 0.249 e. The van der Waals surface area contributed by atoms with Crippen molar-refractivity contribution in [3.63, 3.8) is 0 Å². The number of halogens is 1. The quantitative estimate of drug-likeness (QED) is 0.442. The lowest BCUT2D eigenvalue weighted by molar-refractivity contribution is -0.126. The summed E-state index contributed by atoms with van der Waals surface area (Å²) >= 11 is 5.96. The monoisotopic (exact) mass is 373 g/mol. The summed E-state index contributed by atoms with van der Waals surface area (Å²) < 4.78 is 5.46. The molecule has 0 aromatic heterocycles. The third-order valence-corrected chi connectivity index (χ3v) is 3.64. The van der Waals surface area contributed by atoms with Crippen molar-refractivity contribution in [1.29, 1.82) is 0 Å². The average Bonchev–Trinajstić information content (AvgIpc) is 2.59. The van der Waals surface area contributed by atoms with E-state index in [0.717, 1.165) is 5.56 Å². The van der Waals surface area contributed by atoms with Gasteiger partial charge in [0.2, 0.25) is 11.8 Å². The van der Waals surface area contributed by atoms with E-state index in [2.05, 4.69) is 15.8 Å². The van der Waals surface area contributed by atoms with Gasteiger partial charge in [0.05, 0.1) is 12.8 Å². The zero-order valence-electron chi connectivity index (χ0n) is 14.6. The Kier molecular flexibility index (Phi) is 7.17. The fraction of sp³-hybridized carbons (Fsp3) is 0.211. The highest BCUT2D eigenvalue weighted by Crippen LogP contribution is 2.21. The third-order valence-electron chi connectivity index (χ3n) is 3.40. The molecule has 0 bridgehead atoms. The topological polar surface area (TPSA) is 79.8 Å². The Morgan fingerprint density at radius 3 is 2.69 bits per heavy atom. The van der Waals surface area contributed by atoms with E-state index in [1.807, 2.05) is 32.0 Å². The zero-order valence-corrected chi connectivity index (χ0v) is 15.3. The number of amides is 2. The number of anilines is 1. The summed E-state index contributed by atoms with van der Waals surface area (Å²) in [5.41, 5.74) is 4.55. The van der Waals surface area contributed by atoms with Crippen molar-refractivity contribution < 1.29 is 14.3 Å². The van der Waals surface area contributed by atoms with Gasteiger partial charge >= 0.3 is 0 Å². The van der Waals surface area contributed by atoms with Gasteiger partial charge in [-0.25, -0.2) is 5.43 Å². The van der Waals surface area contributed by atoms with Crippen molar-refractivity contribution in [3.05, 3.63) is 58.6 Å². The molecule has 0 atom stereocenters. The first-order chi connectivity index (χ1) is 12.5. The van der Waals surface area contributed by atoms with Crippen LogP contribution < -0.4 is 15.5 Å². The number of hydrogen-bond acceptors (Lipinski definition) is 4. The van der Waals surface area contributed by atoms with Crippen molar-refractivity contribution in [2.45, 2.75) is 20.3 Å². The molecule has 0 fully saturated rings. The number of carbonyl (C=O) groups is 2. The standard InChI is InChI=1S/C19H20ClN3O3/c1-3-26-17-9-8-15(20)10-14(17)12-21-23-19(25)11-18(24)22-16-7-5-4-6-13(16)2/h4-10,12H,3,11H2,1-2H3,(H,22,24)(H,23,25). The van der Waals surface area contributed by atoms with Crippen LogP contribution in [0.1, 0.15) is 24.5 Å². The molecule has 2 aromatic carbocycles. The molecule has 7 heteroatoms. The molecule has 6 nitrogen and oxygen atoms in total. The second-order valence-electron chi connectivity index (χ2n) is 5.45. The Labute approximate surface area is 157 Å². The van der Waals surface area contributed by atoms with E-state index in [-0.39, 0.29) is 6.42 Å². The number of benzene rings is 2. The predicted octanol–water partition coefficient (Wildman–Crippen LogP) is 3.53. The van der Waals surface area contributed by atoms with Crippen LogP contribution in [0.4, 0.5) is 5.69 Å². The molecular weight excluding hydrogens is 354 g/mol. The van der Waals surface area contributed by atoms with Crippen molar-refractivity contribution in [2.24, 2.45) is 5.10 Å². The largest absolute Gasteiger partial charge is 0.493 e. The van der Waals surface area contributed by atoms with Gasteiger partial charge in [0.1, 0.15) is 12.2 Å². The molecule has 0 saturated carbocycles. The fourth-order valence-corrected chi connectivity index (χ4v) is 2.35. The van der Waals surface area contributed by atoms with Crippen LogP contribution in [0.15, 0.2) is 47.6 Å². The van der Waals surface area contributed by atoms with Crippen LogP contribution in [0.25, 0.3) is 0 Å². The molecule has 136 valence electrons. The van der Waals surface area contributed by atoms with Gasteiger partial charge in [0, 0.05) is 16.3 Å². The van der Waals surface area contributed by atoms with E-state index in [4.69, 9.17) is 16.3 Å². The Balaban J connectivity index is 1.90. The summed E-state index contributed by atoms with van der Waals surface area (Å²) in [6.07, 6.45) is 1.09. The van der Waals surface area contributed by atoms with E-state index in [1.54, 1.807) is 24.3 Å². The second kappa shape index (κ2) is 9.58. The molecule has 0 unspecified atom stereocenters. The number of hydrogen-bond donors (Lipinski definition) is 2. The van der Waals surface area contributed by atoms with E-state index >= 15 is 0 Å². The van der Waals surface area contributed by atoms with Crippen LogP contribution in [0.2, 0.25) is 5.02 Å². The highest BCUT2D eigenvalue weighted by molar-refractivity contribution is 6.30. The summed E-state index contributed by atoms with van der Waals surface area (Å²) in [4.78, 5) is 23.8. The summed E-state index contributed by atoms with van der Waals surface area (Å²) in [6, 6.07) is 12.4. The average molecular weight is 374 g/mol. The van der Waals surface area contributed by atoms with Crippen LogP contribution in [0.5, 0.6) is 5.75 Å². The van der Waals surface area contributed by atoms with E-state index < -0.39 is 11.8 Å². The molecule has 0 heterocycles. The Hall–Kier alpha value is -2.86. The van der Waals surface area contributed by atoms with Gasteiger partial charge in [-0.1, -0.05) is 29.8 Å². The van der Waals surface area contributed by atoms with Gasteiger partial charge in [-0.15, -0.1) is 0 Å². The maximum atomic E-state index is 11.9. The van der Waals surface area contributed by atoms with Crippen LogP contribution >= 0.6 is 11.6 Å². The van der Waals surface area contributed by atoms with Gasteiger partial charge in [0.25, 0.3) is 0 Å². The minimum absolute atomic E-state index is 0.334. The number of para-hydroxylation sites is 1. The number of carbonyl (C=O) groups excluding carboxylic acids is 2. The Morgan fingerprint density at radius 1 is 1.19 bits per heavy atom. The zero-order chi connectivity index (χ0) is 18.9. The van der Waals surface area contributed by atoms with Crippen molar-refractivity contribution in [1.82, 2.24) is 5.43 Å². The lowest BCUT2D eigenvalue weighted by atomic mass is 10.2. The van der Waals surface area contributed by atoms with Gasteiger partial charge in [-0.3, -0.25) is 9.59 Å². The lowest BCUT2D eigenvalue weighted by Gasteiger charge is -2.08. The minimum atomic E-state index is -0.521. The number of nitrogens with one attached hydrogen (secondary N) is 2.